The number of pyridine rings is 2. The van der Waals surface area contributed by atoms with Gasteiger partial charge < -0.3 is 15.8 Å². The third kappa shape index (κ3) is 3.90. The molecule has 0 aliphatic rings. The molecule has 2 heterocycles. The molecule has 1 amide bonds. The number of rotatable bonds is 4. The number of aryl methyl sites for hydroxylation is 1. The average Bonchev–Trinajstić information content (AvgIpc) is 2.77. The topological polar surface area (TPSA) is 90.1 Å². The van der Waals surface area contributed by atoms with E-state index in [0.717, 1.165) is 38.7 Å². The van der Waals surface area contributed by atoms with Crippen LogP contribution in [0.2, 0.25) is 5.02 Å². The van der Waals surface area contributed by atoms with Crippen LogP contribution in [0.25, 0.3) is 33.2 Å². The van der Waals surface area contributed by atoms with Crippen molar-refractivity contribution in [1.82, 2.24) is 15.3 Å². The van der Waals surface area contributed by atoms with E-state index >= 15 is 0 Å². The maximum absolute atomic E-state index is 11.9. The highest BCUT2D eigenvalue weighted by Gasteiger charge is 2.13. The Kier molecular flexibility index (Phi) is 5.48. The van der Waals surface area contributed by atoms with Crippen molar-refractivity contribution in [3.63, 3.8) is 0 Å². The van der Waals surface area contributed by atoms with Gasteiger partial charge in [-0.15, -0.1) is 0 Å². The van der Waals surface area contributed by atoms with Crippen molar-refractivity contribution >= 4 is 34.2 Å². The zero-order chi connectivity index (χ0) is 22.1. The number of ether oxygens (including phenoxy) is 1. The molecule has 0 aliphatic heterocycles. The van der Waals surface area contributed by atoms with Crippen molar-refractivity contribution in [3.05, 3.63) is 70.9 Å². The van der Waals surface area contributed by atoms with E-state index in [2.05, 4.69) is 21.4 Å². The summed E-state index contributed by atoms with van der Waals surface area (Å²) in [6.45, 7) is 1.96. The van der Waals surface area contributed by atoms with E-state index in [1.54, 1.807) is 32.5 Å². The quantitative estimate of drug-likeness (QED) is 0.479. The summed E-state index contributed by atoms with van der Waals surface area (Å²) in [5.41, 5.74) is 11.9. The van der Waals surface area contributed by atoms with Gasteiger partial charge in [-0.2, -0.15) is 0 Å². The number of halogens is 1. The molecule has 0 saturated carbocycles. The van der Waals surface area contributed by atoms with Crippen LogP contribution in [0.1, 0.15) is 15.9 Å². The molecule has 0 radical (unpaired) electrons. The summed E-state index contributed by atoms with van der Waals surface area (Å²) < 4.78 is 5.25. The molecule has 0 fully saturated rings. The standard InChI is InChI=1S/C24H21ClN4O2/c1-13-8-17(12-28-24(13)31-3)14-5-7-21-16(9-14)10-19(22(26)29-21)15-4-6-18(20(25)11-15)23(30)27-2/h4-12H,1-3H3,(H2,26,29)(H,27,30). The van der Waals surface area contributed by atoms with Crippen molar-refractivity contribution in [2.45, 2.75) is 6.92 Å². The van der Waals surface area contributed by atoms with Crippen LogP contribution in [0, 0.1) is 6.92 Å². The molecule has 0 atom stereocenters. The van der Waals surface area contributed by atoms with Crippen LogP contribution in [0.5, 0.6) is 5.88 Å². The highest BCUT2D eigenvalue weighted by Crippen LogP contribution is 2.33. The van der Waals surface area contributed by atoms with Crippen molar-refractivity contribution in [2.75, 3.05) is 19.9 Å². The largest absolute Gasteiger partial charge is 0.481 e. The monoisotopic (exact) mass is 432 g/mol. The molecule has 4 aromatic rings. The smallest absolute Gasteiger partial charge is 0.252 e. The zero-order valence-corrected chi connectivity index (χ0v) is 18.1. The van der Waals surface area contributed by atoms with Crippen LogP contribution in [0.3, 0.4) is 0 Å². The van der Waals surface area contributed by atoms with Crippen molar-refractivity contribution in [1.29, 1.82) is 0 Å². The summed E-state index contributed by atoms with van der Waals surface area (Å²) >= 11 is 6.33. The van der Waals surface area contributed by atoms with E-state index in [4.69, 9.17) is 22.1 Å². The number of anilines is 1. The van der Waals surface area contributed by atoms with Gasteiger partial charge in [-0.3, -0.25) is 4.79 Å². The number of methoxy groups -OCH3 is 1. The lowest BCUT2D eigenvalue weighted by Gasteiger charge is -2.11. The molecule has 156 valence electrons. The molecule has 2 aromatic heterocycles. The van der Waals surface area contributed by atoms with E-state index in [0.29, 0.717) is 22.3 Å². The number of hydrogen-bond donors (Lipinski definition) is 2. The minimum absolute atomic E-state index is 0.241. The number of aromatic nitrogens is 2. The van der Waals surface area contributed by atoms with Gasteiger partial charge in [0.2, 0.25) is 5.88 Å². The third-order valence-electron chi connectivity index (χ3n) is 5.15. The molecule has 0 saturated heterocycles. The van der Waals surface area contributed by atoms with Gasteiger partial charge in [-0.1, -0.05) is 23.7 Å². The predicted molar refractivity (Wildman–Crippen MR) is 125 cm³/mol. The molecular weight excluding hydrogens is 412 g/mol. The van der Waals surface area contributed by atoms with E-state index in [-0.39, 0.29) is 5.91 Å². The van der Waals surface area contributed by atoms with E-state index in [1.807, 2.05) is 37.3 Å². The number of carbonyl (C=O) groups is 1. The van der Waals surface area contributed by atoms with Crippen molar-refractivity contribution in [3.8, 4) is 28.1 Å². The molecule has 0 unspecified atom stereocenters. The highest BCUT2D eigenvalue weighted by atomic mass is 35.5. The first-order valence-corrected chi connectivity index (χ1v) is 10.0. The molecule has 31 heavy (non-hydrogen) atoms. The first-order valence-electron chi connectivity index (χ1n) is 9.64. The number of nitrogens with one attached hydrogen (secondary N) is 1. The summed E-state index contributed by atoms with van der Waals surface area (Å²) in [4.78, 5) is 20.8. The molecule has 2 aromatic carbocycles. The van der Waals surface area contributed by atoms with Gasteiger partial charge in [-0.05, 0) is 54.4 Å². The molecule has 4 rings (SSSR count). The Labute approximate surface area is 185 Å². The SMILES string of the molecule is CNC(=O)c1ccc(-c2cc3cc(-c4cnc(OC)c(C)c4)ccc3nc2N)cc1Cl. The Morgan fingerprint density at radius 3 is 2.52 bits per heavy atom. The highest BCUT2D eigenvalue weighted by molar-refractivity contribution is 6.34. The minimum atomic E-state index is -0.241. The summed E-state index contributed by atoms with van der Waals surface area (Å²) in [6.07, 6.45) is 1.79. The number of benzene rings is 2. The van der Waals surface area contributed by atoms with E-state index in [9.17, 15) is 4.79 Å². The number of carbonyl (C=O) groups excluding carboxylic acids is 1. The maximum atomic E-state index is 11.9. The second kappa shape index (κ2) is 8.24. The fraction of sp³-hybridized carbons (Fsp3) is 0.125. The van der Waals surface area contributed by atoms with Gasteiger partial charge in [0.25, 0.3) is 5.91 Å². The normalized spacial score (nSPS) is 10.8. The van der Waals surface area contributed by atoms with Gasteiger partial charge in [0, 0.05) is 35.3 Å². The summed E-state index contributed by atoms with van der Waals surface area (Å²) in [6, 6.07) is 15.2. The maximum Gasteiger partial charge on any atom is 0.252 e. The first kappa shape index (κ1) is 20.6. The Morgan fingerprint density at radius 2 is 1.84 bits per heavy atom. The second-order valence-electron chi connectivity index (χ2n) is 7.15. The predicted octanol–water partition coefficient (Wildman–Crippen LogP) is 4.88. The number of nitrogen functional groups attached to an aromatic ring is 1. The van der Waals surface area contributed by atoms with Gasteiger partial charge in [0.05, 0.1) is 23.2 Å². The fourth-order valence-corrected chi connectivity index (χ4v) is 3.80. The Bertz CT molecular complexity index is 1320. The summed E-state index contributed by atoms with van der Waals surface area (Å²) in [7, 11) is 3.17. The van der Waals surface area contributed by atoms with Gasteiger partial charge in [0.15, 0.2) is 0 Å². The molecule has 0 spiro atoms. The number of nitrogens with zero attached hydrogens (tertiary/aromatic N) is 2. The van der Waals surface area contributed by atoms with Crippen LogP contribution in [0.15, 0.2) is 54.7 Å². The molecule has 0 aliphatic carbocycles. The number of nitrogens with two attached hydrogens (primary N) is 1. The summed E-state index contributed by atoms with van der Waals surface area (Å²) in [5, 5.41) is 3.86. The zero-order valence-electron chi connectivity index (χ0n) is 17.4. The van der Waals surface area contributed by atoms with Gasteiger partial charge >= 0.3 is 0 Å². The Morgan fingerprint density at radius 1 is 1.06 bits per heavy atom. The Hall–Kier alpha value is -3.64. The van der Waals surface area contributed by atoms with E-state index < -0.39 is 0 Å². The third-order valence-corrected chi connectivity index (χ3v) is 5.47. The number of amides is 1. The second-order valence-corrected chi connectivity index (χ2v) is 7.56. The molecule has 7 heteroatoms. The van der Waals surface area contributed by atoms with Crippen molar-refractivity contribution in [2.24, 2.45) is 0 Å². The molecule has 3 N–H and O–H groups in total. The van der Waals surface area contributed by atoms with Crippen LogP contribution in [0.4, 0.5) is 5.82 Å². The minimum Gasteiger partial charge on any atom is -0.481 e. The average molecular weight is 433 g/mol. The summed E-state index contributed by atoms with van der Waals surface area (Å²) in [5.74, 6) is 0.763. The van der Waals surface area contributed by atoms with E-state index in [1.165, 1.54) is 0 Å². The lowest BCUT2D eigenvalue weighted by atomic mass is 9.99. The first-order chi connectivity index (χ1) is 14.9. The molecule has 6 nitrogen and oxygen atoms in total. The van der Waals surface area contributed by atoms with Gasteiger partial charge in [-0.25, -0.2) is 9.97 Å². The molecular formula is C24H21ClN4O2. The van der Waals surface area contributed by atoms with Gasteiger partial charge in [0.1, 0.15) is 5.82 Å². The lowest BCUT2D eigenvalue weighted by Crippen LogP contribution is -2.18. The van der Waals surface area contributed by atoms with Crippen LogP contribution in [-0.4, -0.2) is 30.0 Å². The van der Waals surface area contributed by atoms with Crippen LogP contribution >= 0.6 is 11.6 Å². The van der Waals surface area contributed by atoms with Crippen molar-refractivity contribution < 1.29 is 9.53 Å². The fourth-order valence-electron chi connectivity index (χ4n) is 3.54. The lowest BCUT2D eigenvalue weighted by molar-refractivity contribution is 0.0963. The molecule has 0 bridgehead atoms. The number of fused-ring (bicyclic) bond motifs is 1. The Balaban J connectivity index is 1.79. The van der Waals surface area contributed by atoms with Crippen LogP contribution < -0.4 is 15.8 Å². The van der Waals surface area contributed by atoms with Crippen LogP contribution in [-0.2, 0) is 0 Å². The number of hydrogen-bond acceptors (Lipinski definition) is 5.